The Kier molecular flexibility index (Phi) is 97.9. The van der Waals surface area contributed by atoms with E-state index >= 15 is 0 Å². The van der Waals surface area contributed by atoms with Gasteiger partial charge in [0.05, 0.1) is 52.1 Å². The van der Waals surface area contributed by atoms with Crippen LogP contribution in [0.1, 0.15) is 471 Å². The summed E-state index contributed by atoms with van der Waals surface area (Å²) < 4.78 is 23.0. The summed E-state index contributed by atoms with van der Waals surface area (Å²) in [6.07, 6.45) is 82.4. The molecule has 0 amide bonds. The molecule has 706 valence electrons. The minimum absolute atomic E-state index is 0.145. The Labute approximate surface area is 755 Å². The van der Waals surface area contributed by atoms with Crippen LogP contribution in [0.15, 0.2) is 0 Å². The summed E-state index contributed by atoms with van der Waals surface area (Å²) in [7, 11) is 12.1. The van der Waals surface area contributed by atoms with Gasteiger partial charge in [0.1, 0.15) is 5.78 Å². The largest absolute Gasteiger partial charge is 0.466 e. The molecule has 0 aromatic rings. The Morgan fingerprint density at radius 3 is 0.580 bits per heavy atom. The van der Waals surface area contributed by atoms with Crippen molar-refractivity contribution in [3.05, 3.63) is 0 Å². The van der Waals surface area contributed by atoms with Crippen LogP contribution in [0.3, 0.4) is 0 Å². The van der Waals surface area contributed by atoms with Crippen LogP contribution < -0.4 is 0 Å². The summed E-state index contributed by atoms with van der Waals surface area (Å²) in [6.45, 7) is 23.5. The first-order chi connectivity index (χ1) is 58.5. The van der Waals surface area contributed by atoms with Gasteiger partial charge in [-0.05, 0) is 46.2 Å². The van der Waals surface area contributed by atoms with Gasteiger partial charge in [-0.2, -0.15) is 0 Å². The standard InChI is InChI=1S/C101H199N5O9S4/c1-8-13-18-23-28-33-38-43-44-45-50-55-60-65-70-97(107)71-76-106(87-95-118-116-93-85-102(6)81-83-104(77-72-98(108)112-89-66-61-56-51-46-39-34-29-24-19-14-9-2)78-73-99(109)113-90-67-62-57-52-47-40-35-30-25-20-15-10-3)88-96-119-117-94-86-103(7)82-84-105(79-74-100(110)114-91-68-63-58-53-48-41-36-31-26-21-16-11-4)80-75-101(111)115-92-69-64-59-54-49-42-37-32-27-22-17-12-5/h8-96H2,1-7H3. The van der Waals surface area contributed by atoms with Crippen molar-refractivity contribution in [1.29, 1.82) is 0 Å². The third-order valence-corrected chi connectivity index (χ3v) is 28.7. The van der Waals surface area contributed by atoms with Crippen LogP contribution in [0.25, 0.3) is 0 Å². The summed E-state index contributed by atoms with van der Waals surface area (Å²) in [5, 5.41) is 0. The lowest BCUT2D eigenvalue weighted by atomic mass is 10.0. The van der Waals surface area contributed by atoms with Gasteiger partial charge in [-0.15, -0.1) is 0 Å². The van der Waals surface area contributed by atoms with Crippen LogP contribution in [-0.2, 0) is 42.9 Å². The minimum atomic E-state index is -0.145. The number of carbonyl (C=O) groups excluding carboxylic acids is 5. The number of hydrogen-bond donors (Lipinski definition) is 0. The molecule has 0 bridgehead atoms. The van der Waals surface area contributed by atoms with Crippen molar-refractivity contribution in [1.82, 2.24) is 24.5 Å². The molecule has 0 unspecified atom stereocenters. The predicted molar refractivity (Wildman–Crippen MR) is 525 cm³/mol. The van der Waals surface area contributed by atoms with E-state index in [1.165, 1.54) is 334 Å². The molecule has 0 heterocycles. The van der Waals surface area contributed by atoms with Gasteiger partial charge in [0.15, 0.2) is 0 Å². The lowest BCUT2D eigenvalue weighted by Crippen LogP contribution is -2.37. The number of carbonyl (C=O) groups is 5. The van der Waals surface area contributed by atoms with Crippen molar-refractivity contribution in [2.24, 2.45) is 0 Å². The first kappa shape index (κ1) is 118. The zero-order valence-electron chi connectivity index (χ0n) is 80.0. The number of nitrogens with zero attached hydrogens (tertiary/aromatic N) is 5. The Morgan fingerprint density at radius 1 is 0.185 bits per heavy atom. The van der Waals surface area contributed by atoms with Gasteiger partial charge in [0.2, 0.25) is 0 Å². The van der Waals surface area contributed by atoms with Gasteiger partial charge < -0.3 is 43.4 Å². The monoisotopic (exact) mass is 1750 g/mol. The van der Waals surface area contributed by atoms with E-state index in [0.717, 1.165) is 146 Å². The highest BCUT2D eigenvalue weighted by atomic mass is 33.1. The zero-order valence-corrected chi connectivity index (χ0v) is 83.2. The van der Waals surface area contributed by atoms with Crippen LogP contribution in [0.2, 0.25) is 0 Å². The van der Waals surface area contributed by atoms with Gasteiger partial charge in [-0.3, -0.25) is 24.0 Å². The average Bonchev–Trinajstić information content (AvgIpc) is 0.953. The maximum absolute atomic E-state index is 13.4. The third-order valence-electron chi connectivity index (χ3n) is 23.9. The first-order valence-electron chi connectivity index (χ1n) is 51.6. The molecule has 0 aliphatic rings. The van der Waals surface area contributed by atoms with Crippen molar-refractivity contribution in [3.8, 4) is 0 Å². The molecule has 119 heavy (non-hydrogen) atoms. The first-order valence-corrected chi connectivity index (χ1v) is 56.6. The summed E-state index contributed by atoms with van der Waals surface area (Å²) in [5.41, 5.74) is 0. The highest BCUT2D eigenvalue weighted by Crippen LogP contribution is 2.25. The second-order valence-electron chi connectivity index (χ2n) is 35.5. The van der Waals surface area contributed by atoms with Crippen LogP contribution in [0.4, 0.5) is 0 Å². The van der Waals surface area contributed by atoms with Crippen LogP contribution in [0.5, 0.6) is 0 Å². The molecule has 0 saturated carbocycles. The second-order valence-corrected chi connectivity index (χ2v) is 40.9. The topological polar surface area (TPSA) is 138 Å². The van der Waals surface area contributed by atoms with Gasteiger partial charge in [0, 0.05) is 121 Å². The number of ketones is 1. The maximum Gasteiger partial charge on any atom is 0.307 e. The van der Waals surface area contributed by atoms with Crippen molar-refractivity contribution in [3.63, 3.8) is 0 Å². The predicted octanol–water partition coefficient (Wildman–Crippen LogP) is 28.9. The number of Topliss-reactive ketones (excluding diaryl/α,β-unsaturated/α-hetero) is 1. The van der Waals surface area contributed by atoms with Gasteiger partial charge >= 0.3 is 23.9 Å². The van der Waals surface area contributed by atoms with E-state index in [0.29, 0.717) is 96.9 Å². The molecule has 14 nitrogen and oxygen atoms in total. The Morgan fingerprint density at radius 2 is 0.361 bits per heavy atom. The number of ether oxygens (including phenoxy) is 4. The zero-order chi connectivity index (χ0) is 86.4. The van der Waals surface area contributed by atoms with Gasteiger partial charge in [0.25, 0.3) is 0 Å². The molecule has 0 fully saturated rings. The molecule has 0 aliphatic carbocycles. The second kappa shape index (κ2) is 98.9. The van der Waals surface area contributed by atoms with Crippen molar-refractivity contribution < 1.29 is 42.9 Å². The summed E-state index contributed by atoms with van der Waals surface area (Å²) in [5.74, 6) is 3.82. The molecular weight excluding hydrogens is 1560 g/mol. The molecular formula is C101H199N5O9S4. The van der Waals surface area contributed by atoms with E-state index in [2.05, 4.69) is 73.2 Å². The van der Waals surface area contributed by atoms with Crippen LogP contribution in [-0.4, -0.2) is 203 Å². The SMILES string of the molecule is CCCCCCCCCCCCCCCCC(=O)CCN(CCSSCCN(C)CCN(CCC(=O)OCCCCCCCCCCCCCC)CCC(=O)OCCCCCCCCCCCCCC)CCSSCCN(C)CCN(CCC(=O)OCCCCCCCCCCCCCC)CCC(=O)OCCCCCCCCCCCCCC. The summed E-state index contributed by atoms with van der Waals surface area (Å²) >= 11 is 0. The van der Waals surface area contributed by atoms with Crippen molar-refractivity contribution >= 4 is 72.8 Å². The lowest BCUT2D eigenvalue weighted by Gasteiger charge is -2.25. The quantitative estimate of drug-likeness (QED) is 0.0247. The number of unbranched alkanes of at least 4 members (excludes halogenated alkanes) is 57. The highest BCUT2D eigenvalue weighted by molar-refractivity contribution is 8.77. The van der Waals surface area contributed by atoms with E-state index in [-0.39, 0.29) is 23.9 Å². The van der Waals surface area contributed by atoms with E-state index in [4.69, 9.17) is 18.9 Å². The molecule has 0 spiro atoms. The third kappa shape index (κ3) is 94.2. The van der Waals surface area contributed by atoms with Crippen molar-refractivity contribution in [2.45, 2.75) is 471 Å². The summed E-state index contributed by atoms with van der Waals surface area (Å²) in [6, 6.07) is 0. The highest BCUT2D eigenvalue weighted by Gasteiger charge is 2.18. The normalized spacial score (nSPS) is 11.8. The molecule has 0 atom stereocenters. The Balaban J connectivity index is 5.49. The molecule has 0 aromatic carbocycles. The summed E-state index contributed by atoms with van der Waals surface area (Å²) in [4.78, 5) is 77.4. The van der Waals surface area contributed by atoms with E-state index in [9.17, 15) is 24.0 Å². The van der Waals surface area contributed by atoms with Gasteiger partial charge in [-0.25, -0.2) is 0 Å². The molecule has 0 N–H and O–H groups in total. The van der Waals surface area contributed by atoms with Gasteiger partial charge in [-0.1, -0.05) is 444 Å². The maximum atomic E-state index is 13.4. The fourth-order valence-corrected chi connectivity index (χ4v) is 19.8. The fourth-order valence-electron chi connectivity index (χ4n) is 15.5. The average molecular weight is 1760 g/mol. The van der Waals surface area contributed by atoms with Crippen LogP contribution >= 0.6 is 43.2 Å². The molecule has 18 heteroatoms. The molecule has 0 radical (unpaired) electrons. The lowest BCUT2D eigenvalue weighted by molar-refractivity contribution is -0.146. The number of esters is 4. The minimum Gasteiger partial charge on any atom is -0.466 e. The van der Waals surface area contributed by atoms with E-state index in [1.54, 1.807) is 0 Å². The molecule has 0 rings (SSSR count). The molecule has 0 saturated heterocycles. The number of rotatable bonds is 102. The molecule has 0 aliphatic heterocycles. The molecule has 0 aromatic heterocycles. The van der Waals surface area contributed by atoms with Crippen LogP contribution in [0, 0.1) is 0 Å². The number of likely N-dealkylation sites (N-methyl/N-ethyl adjacent to an activating group) is 2. The smallest absolute Gasteiger partial charge is 0.307 e. The number of hydrogen-bond acceptors (Lipinski definition) is 18. The fraction of sp³-hybridized carbons (Fsp3) is 0.950. The van der Waals surface area contributed by atoms with Crippen molar-refractivity contribution in [2.75, 3.05) is 149 Å². The van der Waals surface area contributed by atoms with E-state index in [1.807, 2.05) is 43.2 Å². The Hall–Kier alpha value is -1.25. The Bertz CT molecular complexity index is 1900. The van der Waals surface area contributed by atoms with E-state index < -0.39 is 0 Å².